The molecule has 1 aliphatic heterocycles. The number of para-hydroxylation sites is 2. The number of furan rings is 1. The summed E-state index contributed by atoms with van der Waals surface area (Å²) in [7, 11) is 0. The molecule has 3 aromatic rings. The minimum absolute atomic E-state index is 0.0769. The van der Waals surface area contributed by atoms with Crippen molar-refractivity contribution in [2.75, 3.05) is 6.54 Å². The molecule has 0 radical (unpaired) electrons. The number of carbonyl (C=O) groups is 1. The average molecular weight is 349 g/mol. The summed E-state index contributed by atoms with van der Waals surface area (Å²) in [6.45, 7) is 1.89. The number of nitrogens with one attached hydrogen (secondary N) is 1. The summed E-state index contributed by atoms with van der Waals surface area (Å²) in [5.74, 6) is 1.84. The molecule has 5 heteroatoms. The van der Waals surface area contributed by atoms with Gasteiger partial charge in [0.25, 0.3) is 0 Å². The Morgan fingerprint density at radius 2 is 1.65 bits per heavy atom. The molecule has 132 valence electrons. The first-order valence-electron chi connectivity index (χ1n) is 8.51. The number of amides is 1. The van der Waals surface area contributed by atoms with Gasteiger partial charge in [-0.2, -0.15) is 0 Å². The van der Waals surface area contributed by atoms with E-state index in [4.69, 9.17) is 9.15 Å². The molecule has 0 fully saturated rings. The van der Waals surface area contributed by atoms with Gasteiger partial charge in [-0.15, -0.1) is 0 Å². The fourth-order valence-electron chi connectivity index (χ4n) is 3.22. The molecule has 4 rings (SSSR count). The van der Waals surface area contributed by atoms with E-state index in [0.717, 1.165) is 16.9 Å². The van der Waals surface area contributed by atoms with Gasteiger partial charge in [0.05, 0.1) is 12.5 Å². The Labute approximate surface area is 151 Å². The number of aliphatic hydroxyl groups excluding tert-OH is 1. The lowest BCUT2D eigenvalue weighted by atomic mass is 9.87. The number of rotatable bonds is 4. The van der Waals surface area contributed by atoms with Crippen LogP contribution < -0.4 is 10.1 Å². The Balaban J connectivity index is 1.57. The summed E-state index contributed by atoms with van der Waals surface area (Å²) in [5.41, 5.74) is 1.62. The normalized spacial score (nSPS) is 14.1. The van der Waals surface area contributed by atoms with Crippen molar-refractivity contribution in [1.82, 2.24) is 5.32 Å². The number of aliphatic hydroxyl groups is 1. The molecule has 1 aromatic heterocycles. The van der Waals surface area contributed by atoms with Gasteiger partial charge in [-0.25, -0.2) is 0 Å². The van der Waals surface area contributed by atoms with E-state index in [-0.39, 0.29) is 12.5 Å². The zero-order chi connectivity index (χ0) is 18.1. The highest BCUT2D eigenvalue weighted by atomic mass is 16.5. The van der Waals surface area contributed by atoms with E-state index in [9.17, 15) is 9.90 Å². The zero-order valence-corrected chi connectivity index (χ0v) is 14.3. The predicted molar refractivity (Wildman–Crippen MR) is 96.2 cm³/mol. The monoisotopic (exact) mass is 349 g/mol. The Bertz CT molecular complexity index is 901. The molecule has 1 atom stereocenters. The summed E-state index contributed by atoms with van der Waals surface area (Å²) >= 11 is 0. The second-order valence-corrected chi connectivity index (χ2v) is 6.32. The van der Waals surface area contributed by atoms with Gasteiger partial charge in [0.15, 0.2) is 0 Å². The third-order valence-corrected chi connectivity index (χ3v) is 4.50. The van der Waals surface area contributed by atoms with Crippen LogP contribution in [-0.4, -0.2) is 17.6 Å². The first-order valence-corrected chi connectivity index (χ1v) is 8.51. The summed E-state index contributed by atoms with van der Waals surface area (Å²) in [6, 6.07) is 18.5. The minimum atomic E-state index is -0.891. The number of fused-ring (bicyclic) bond motifs is 2. The van der Waals surface area contributed by atoms with Crippen LogP contribution in [0.5, 0.6) is 11.5 Å². The lowest BCUT2D eigenvalue weighted by molar-refractivity contribution is -0.122. The van der Waals surface area contributed by atoms with Crippen molar-refractivity contribution < 1.29 is 19.1 Å². The van der Waals surface area contributed by atoms with Crippen molar-refractivity contribution in [2.45, 2.75) is 18.9 Å². The highest BCUT2D eigenvalue weighted by Gasteiger charge is 2.32. The summed E-state index contributed by atoms with van der Waals surface area (Å²) in [6.07, 6.45) is -0.891. The number of hydrogen-bond acceptors (Lipinski definition) is 4. The van der Waals surface area contributed by atoms with Gasteiger partial charge in [-0.05, 0) is 31.2 Å². The smallest absolute Gasteiger partial charge is 0.232 e. The Kier molecular flexibility index (Phi) is 4.22. The summed E-state index contributed by atoms with van der Waals surface area (Å²) < 4.78 is 11.3. The topological polar surface area (TPSA) is 71.7 Å². The molecule has 1 aliphatic rings. The van der Waals surface area contributed by atoms with E-state index >= 15 is 0 Å². The number of hydrogen-bond donors (Lipinski definition) is 2. The van der Waals surface area contributed by atoms with Crippen LogP contribution in [0.25, 0.3) is 0 Å². The Morgan fingerprint density at radius 3 is 2.23 bits per heavy atom. The van der Waals surface area contributed by atoms with Gasteiger partial charge in [0.2, 0.25) is 5.91 Å². The van der Waals surface area contributed by atoms with Crippen LogP contribution in [0.2, 0.25) is 0 Å². The summed E-state index contributed by atoms with van der Waals surface area (Å²) in [5, 5.41) is 13.1. The molecule has 0 spiro atoms. The maximum absolute atomic E-state index is 13.0. The van der Waals surface area contributed by atoms with Crippen LogP contribution in [0.4, 0.5) is 0 Å². The maximum atomic E-state index is 13.0. The van der Waals surface area contributed by atoms with E-state index in [1.807, 2.05) is 55.5 Å². The van der Waals surface area contributed by atoms with Crippen molar-refractivity contribution in [3.8, 4) is 11.5 Å². The number of benzene rings is 2. The maximum Gasteiger partial charge on any atom is 0.232 e. The van der Waals surface area contributed by atoms with Crippen molar-refractivity contribution in [3.63, 3.8) is 0 Å². The number of ether oxygens (including phenoxy) is 1. The average Bonchev–Trinajstić information content (AvgIpc) is 3.10. The Morgan fingerprint density at radius 1 is 1.04 bits per heavy atom. The van der Waals surface area contributed by atoms with Crippen LogP contribution >= 0.6 is 0 Å². The fraction of sp³-hybridized carbons (Fsp3) is 0.190. The molecule has 2 aromatic carbocycles. The van der Waals surface area contributed by atoms with E-state index in [0.29, 0.717) is 17.3 Å². The van der Waals surface area contributed by atoms with Crippen molar-refractivity contribution in [1.29, 1.82) is 0 Å². The minimum Gasteiger partial charge on any atom is -0.464 e. The van der Waals surface area contributed by atoms with Crippen LogP contribution in [-0.2, 0) is 4.79 Å². The van der Waals surface area contributed by atoms with Crippen LogP contribution in [0.3, 0.4) is 0 Å². The number of carbonyl (C=O) groups excluding carboxylic acids is 1. The lowest BCUT2D eigenvalue weighted by Gasteiger charge is -2.27. The first kappa shape index (κ1) is 16.4. The molecule has 0 saturated heterocycles. The van der Waals surface area contributed by atoms with Gasteiger partial charge in [-0.3, -0.25) is 4.79 Å². The molecule has 5 nitrogen and oxygen atoms in total. The van der Waals surface area contributed by atoms with E-state index in [2.05, 4.69) is 5.32 Å². The molecular weight excluding hydrogens is 330 g/mol. The quantitative estimate of drug-likeness (QED) is 0.754. The largest absolute Gasteiger partial charge is 0.464 e. The van der Waals surface area contributed by atoms with Gasteiger partial charge >= 0.3 is 0 Å². The summed E-state index contributed by atoms with van der Waals surface area (Å²) in [4.78, 5) is 13.0. The van der Waals surface area contributed by atoms with Crippen LogP contribution in [0, 0.1) is 6.92 Å². The highest BCUT2D eigenvalue weighted by molar-refractivity contribution is 5.89. The molecule has 0 bridgehead atoms. The van der Waals surface area contributed by atoms with E-state index in [1.165, 1.54) is 0 Å². The van der Waals surface area contributed by atoms with Crippen molar-refractivity contribution in [2.24, 2.45) is 0 Å². The van der Waals surface area contributed by atoms with Gasteiger partial charge in [-0.1, -0.05) is 36.4 Å². The van der Waals surface area contributed by atoms with Crippen LogP contribution in [0.15, 0.2) is 65.1 Å². The van der Waals surface area contributed by atoms with E-state index in [1.54, 1.807) is 12.1 Å². The molecule has 0 unspecified atom stereocenters. The van der Waals surface area contributed by atoms with Crippen LogP contribution in [0.1, 0.15) is 34.7 Å². The van der Waals surface area contributed by atoms with Crippen molar-refractivity contribution in [3.05, 3.63) is 83.3 Å². The van der Waals surface area contributed by atoms with Gasteiger partial charge in [0, 0.05) is 11.1 Å². The van der Waals surface area contributed by atoms with Gasteiger partial charge in [0.1, 0.15) is 29.1 Å². The van der Waals surface area contributed by atoms with E-state index < -0.39 is 12.0 Å². The van der Waals surface area contributed by atoms with Crippen molar-refractivity contribution >= 4 is 5.91 Å². The molecule has 0 saturated carbocycles. The standard InChI is InChI=1S/C21H19NO4/c1-13-10-11-19(25-13)16(23)12-22-21(24)20-14-6-2-4-8-17(14)26-18-9-5-3-7-15(18)20/h2-11,16,20,23H,12H2,1H3,(H,22,24)/t16-/m1/s1. The molecule has 1 amide bonds. The third-order valence-electron chi connectivity index (χ3n) is 4.50. The second-order valence-electron chi connectivity index (χ2n) is 6.32. The fourth-order valence-corrected chi connectivity index (χ4v) is 3.22. The van der Waals surface area contributed by atoms with Gasteiger partial charge < -0.3 is 19.6 Å². The lowest BCUT2D eigenvalue weighted by Crippen LogP contribution is -2.34. The second kappa shape index (κ2) is 6.69. The molecule has 2 heterocycles. The first-order chi connectivity index (χ1) is 12.6. The molecule has 26 heavy (non-hydrogen) atoms. The highest BCUT2D eigenvalue weighted by Crippen LogP contribution is 2.43. The molecule has 0 aliphatic carbocycles. The SMILES string of the molecule is Cc1ccc([C@H](O)CNC(=O)C2c3ccccc3Oc3ccccc32)o1. The Hall–Kier alpha value is -3.05. The zero-order valence-electron chi connectivity index (χ0n) is 14.3. The molecule has 2 N–H and O–H groups in total. The molecular formula is C21H19NO4. The number of aryl methyl sites for hydroxylation is 1. The predicted octanol–water partition coefficient (Wildman–Crippen LogP) is 3.68. The third kappa shape index (κ3) is 2.97.